The Kier molecular flexibility index (Phi) is 6.68. The lowest BCUT2D eigenvalue weighted by atomic mass is 10.2. The fraction of sp³-hybridized carbons (Fsp3) is 0.222. The minimum atomic E-state index is -0.532. The van der Waals surface area contributed by atoms with Crippen molar-refractivity contribution in [3.05, 3.63) is 74.8 Å². The van der Waals surface area contributed by atoms with E-state index in [4.69, 9.17) is 11.6 Å². The van der Waals surface area contributed by atoms with Gasteiger partial charge in [-0.1, -0.05) is 23.7 Å². The number of nitrogens with zero attached hydrogens (tertiary/aromatic N) is 2. The van der Waals surface area contributed by atoms with Crippen LogP contribution in [0.3, 0.4) is 0 Å². The molecular formula is C18H18ClN3O4. The van der Waals surface area contributed by atoms with E-state index in [2.05, 4.69) is 5.32 Å². The predicted octanol–water partition coefficient (Wildman–Crippen LogP) is 3.03. The summed E-state index contributed by atoms with van der Waals surface area (Å²) in [5.41, 5.74) is 1.14. The third kappa shape index (κ3) is 5.56. The van der Waals surface area contributed by atoms with Crippen LogP contribution < -0.4 is 5.32 Å². The van der Waals surface area contributed by atoms with Crippen LogP contribution in [-0.2, 0) is 11.3 Å². The molecule has 0 aliphatic heterocycles. The molecule has 0 spiro atoms. The van der Waals surface area contributed by atoms with Gasteiger partial charge in [0.2, 0.25) is 5.91 Å². The van der Waals surface area contributed by atoms with Gasteiger partial charge in [-0.05, 0) is 29.8 Å². The first-order valence-electron chi connectivity index (χ1n) is 7.88. The molecular weight excluding hydrogens is 358 g/mol. The summed E-state index contributed by atoms with van der Waals surface area (Å²) in [7, 11) is 1.68. The van der Waals surface area contributed by atoms with Crippen LogP contribution in [0.2, 0.25) is 5.02 Å². The Bertz CT molecular complexity index is 808. The van der Waals surface area contributed by atoms with Gasteiger partial charge in [0.05, 0.1) is 4.92 Å². The van der Waals surface area contributed by atoms with Crippen molar-refractivity contribution in [2.75, 3.05) is 13.6 Å². The molecule has 2 aromatic carbocycles. The molecule has 136 valence electrons. The molecule has 0 aromatic heterocycles. The molecule has 0 unspecified atom stereocenters. The highest BCUT2D eigenvalue weighted by Crippen LogP contribution is 2.13. The zero-order valence-corrected chi connectivity index (χ0v) is 14.9. The SMILES string of the molecule is CN(Cc1cccc(Cl)c1)C(=O)CCNC(=O)c1ccc([N+](=O)[O-])cc1. The highest BCUT2D eigenvalue weighted by molar-refractivity contribution is 6.30. The maximum Gasteiger partial charge on any atom is 0.269 e. The predicted molar refractivity (Wildman–Crippen MR) is 98.0 cm³/mol. The molecule has 0 saturated heterocycles. The third-order valence-electron chi connectivity index (χ3n) is 3.70. The standard InChI is InChI=1S/C18H18ClN3O4/c1-21(12-13-3-2-4-15(19)11-13)17(23)9-10-20-18(24)14-5-7-16(8-6-14)22(25)26/h2-8,11H,9-10,12H2,1H3,(H,20,24). The van der Waals surface area contributed by atoms with Crippen molar-refractivity contribution in [1.82, 2.24) is 10.2 Å². The van der Waals surface area contributed by atoms with E-state index in [1.54, 1.807) is 24.1 Å². The van der Waals surface area contributed by atoms with Crippen LogP contribution in [0.4, 0.5) is 5.69 Å². The van der Waals surface area contributed by atoms with E-state index < -0.39 is 4.92 Å². The summed E-state index contributed by atoms with van der Waals surface area (Å²) in [4.78, 5) is 35.7. The highest BCUT2D eigenvalue weighted by Gasteiger charge is 2.12. The van der Waals surface area contributed by atoms with Gasteiger partial charge < -0.3 is 10.2 Å². The minimum Gasteiger partial charge on any atom is -0.352 e. The van der Waals surface area contributed by atoms with Crippen molar-refractivity contribution in [1.29, 1.82) is 0 Å². The Morgan fingerprint density at radius 3 is 2.50 bits per heavy atom. The first-order valence-corrected chi connectivity index (χ1v) is 8.25. The van der Waals surface area contributed by atoms with Gasteiger partial charge in [-0.3, -0.25) is 19.7 Å². The number of halogens is 1. The van der Waals surface area contributed by atoms with Gasteiger partial charge in [-0.15, -0.1) is 0 Å². The highest BCUT2D eigenvalue weighted by atomic mass is 35.5. The number of hydrogen-bond acceptors (Lipinski definition) is 4. The normalized spacial score (nSPS) is 10.2. The third-order valence-corrected chi connectivity index (χ3v) is 3.93. The molecule has 0 fully saturated rings. The number of nitro groups is 1. The molecule has 2 aromatic rings. The molecule has 0 atom stereocenters. The van der Waals surface area contributed by atoms with Crippen LogP contribution in [-0.4, -0.2) is 35.2 Å². The maximum absolute atomic E-state index is 12.1. The van der Waals surface area contributed by atoms with Gasteiger partial charge in [0.15, 0.2) is 0 Å². The molecule has 1 N–H and O–H groups in total. The van der Waals surface area contributed by atoms with Crippen LogP contribution in [0.25, 0.3) is 0 Å². The number of carbonyl (C=O) groups is 2. The molecule has 26 heavy (non-hydrogen) atoms. The van der Waals surface area contributed by atoms with Gasteiger partial charge in [-0.25, -0.2) is 0 Å². The number of benzene rings is 2. The van der Waals surface area contributed by atoms with Crippen LogP contribution in [0.1, 0.15) is 22.3 Å². The summed E-state index contributed by atoms with van der Waals surface area (Å²) in [6.07, 6.45) is 0.149. The van der Waals surface area contributed by atoms with Gasteiger partial charge in [0.1, 0.15) is 0 Å². The van der Waals surface area contributed by atoms with E-state index in [1.165, 1.54) is 24.3 Å². The van der Waals surface area contributed by atoms with Crippen molar-refractivity contribution in [3.8, 4) is 0 Å². The molecule has 0 bridgehead atoms. The number of nitro benzene ring substituents is 1. The minimum absolute atomic E-state index is 0.0839. The average Bonchev–Trinajstić information content (AvgIpc) is 2.61. The van der Waals surface area contributed by atoms with Crippen LogP contribution >= 0.6 is 11.6 Å². The van der Waals surface area contributed by atoms with Gasteiger partial charge >= 0.3 is 0 Å². The first-order chi connectivity index (χ1) is 12.4. The second-order valence-electron chi connectivity index (χ2n) is 5.69. The Balaban J connectivity index is 1.79. The molecule has 0 radical (unpaired) electrons. The number of nitrogens with one attached hydrogen (secondary N) is 1. The van der Waals surface area contributed by atoms with E-state index in [1.807, 2.05) is 12.1 Å². The summed E-state index contributed by atoms with van der Waals surface area (Å²) in [5, 5.41) is 13.8. The summed E-state index contributed by atoms with van der Waals surface area (Å²) in [6, 6.07) is 12.5. The fourth-order valence-corrected chi connectivity index (χ4v) is 2.52. The van der Waals surface area contributed by atoms with E-state index in [0.29, 0.717) is 17.1 Å². The number of rotatable bonds is 7. The molecule has 0 heterocycles. The summed E-state index contributed by atoms with van der Waals surface area (Å²) < 4.78 is 0. The van der Waals surface area contributed by atoms with Crippen LogP contribution in [0, 0.1) is 10.1 Å². The number of amides is 2. The number of hydrogen-bond donors (Lipinski definition) is 1. The van der Waals surface area contributed by atoms with E-state index >= 15 is 0 Å². The zero-order chi connectivity index (χ0) is 19.1. The smallest absolute Gasteiger partial charge is 0.269 e. The second kappa shape index (κ2) is 8.96. The monoisotopic (exact) mass is 375 g/mol. The lowest BCUT2D eigenvalue weighted by molar-refractivity contribution is -0.384. The lowest BCUT2D eigenvalue weighted by Crippen LogP contribution is -2.31. The molecule has 2 rings (SSSR count). The van der Waals surface area contributed by atoms with E-state index in [0.717, 1.165) is 5.56 Å². The molecule has 8 heteroatoms. The molecule has 2 amide bonds. The molecule has 0 aliphatic rings. The largest absolute Gasteiger partial charge is 0.352 e. The van der Waals surface area contributed by atoms with Crippen molar-refractivity contribution in [2.45, 2.75) is 13.0 Å². The Labute approximate surface area is 155 Å². The second-order valence-corrected chi connectivity index (χ2v) is 6.13. The van der Waals surface area contributed by atoms with Crippen molar-refractivity contribution >= 4 is 29.1 Å². The van der Waals surface area contributed by atoms with E-state index in [-0.39, 0.29) is 30.5 Å². The maximum atomic E-state index is 12.1. The van der Waals surface area contributed by atoms with Crippen molar-refractivity contribution < 1.29 is 14.5 Å². The summed E-state index contributed by atoms with van der Waals surface area (Å²) >= 11 is 5.92. The zero-order valence-electron chi connectivity index (χ0n) is 14.1. The summed E-state index contributed by atoms with van der Waals surface area (Å²) in [6.45, 7) is 0.601. The van der Waals surface area contributed by atoms with Crippen LogP contribution in [0.5, 0.6) is 0 Å². The molecule has 0 aliphatic carbocycles. The molecule has 0 saturated carbocycles. The van der Waals surface area contributed by atoms with Gasteiger partial charge in [-0.2, -0.15) is 0 Å². The van der Waals surface area contributed by atoms with Crippen LogP contribution in [0.15, 0.2) is 48.5 Å². The van der Waals surface area contributed by atoms with Gasteiger partial charge in [0.25, 0.3) is 11.6 Å². The Hall–Kier alpha value is -2.93. The lowest BCUT2D eigenvalue weighted by Gasteiger charge is -2.17. The first kappa shape index (κ1) is 19.4. The Morgan fingerprint density at radius 2 is 1.88 bits per heavy atom. The topological polar surface area (TPSA) is 92.6 Å². The number of carbonyl (C=O) groups excluding carboxylic acids is 2. The van der Waals surface area contributed by atoms with Gasteiger partial charge in [0, 0.05) is 49.3 Å². The van der Waals surface area contributed by atoms with Crippen molar-refractivity contribution in [3.63, 3.8) is 0 Å². The number of non-ortho nitro benzene ring substituents is 1. The van der Waals surface area contributed by atoms with Crippen molar-refractivity contribution in [2.24, 2.45) is 0 Å². The Morgan fingerprint density at radius 1 is 1.19 bits per heavy atom. The molecule has 7 nitrogen and oxygen atoms in total. The fourth-order valence-electron chi connectivity index (χ4n) is 2.31. The summed E-state index contributed by atoms with van der Waals surface area (Å²) in [5.74, 6) is -0.501. The van der Waals surface area contributed by atoms with E-state index in [9.17, 15) is 19.7 Å². The quantitative estimate of drug-likeness (QED) is 0.594. The average molecular weight is 376 g/mol.